The normalized spacial score (nSPS) is 14.4. The maximum Gasteiger partial charge on any atom is 0.421 e. The molecular formula is C40H52ClFN6O5S2Si. The summed E-state index contributed by atoms with van der Waals surface area (Å²) in [5, 5.41) is 13.8. The first-order valence-corrected chi connectivity index (χ1v) is 23.6. The van der Waals surface area contributed by atoms with Crippen LogP contribution in [0.25, 0.3) is 11.3 Å². The van der Waals surface area contributed by atoms with E-state index in [1.807, 2.05) is 6.07 Å². The molecule has 4 aromatic rings. The first kappa shape index (κ1) is 43.5. The highest BCUT2D eigenvalue weighted by Crippen LogP contribution is 2.43. The molecule has 1 N–H and O–H groups in total. The molecule has 5 rings (SSSR count). The number of nitrogens with zero attached hydrogens (tertiary/aromatic N) is 5. The van der Waals surface area contributed by atoms with Gasteiger partial charge in [-0.1, -0.05) is 32.4 Å². The van der Waals surface area contributed by atoms with Crippen molar-refractivity contribution in [2.24, 2.45) is 0 Å². The topological polar surface area (TPSA) is 119 Å². The van der Waals surface area contributed by atoms with Gasteiger partial charge < -0.3 is 24.1 Å². The zero-order valence-corrected chi connectivity index (χ0v) is 37.2. The van der Waals surface area contributed by atoms with Gasteiger partial charge in [-0.25, -0.2) is 23.9 Å². The Balaban J connectivity index is 1.53. The molecule has 1 saturated heterocycles. The van der Waals surface area contributed by atoms with E-state index in [2.05, 4.69) is 66.3 Å². The number of rotatable bonds is 12. The third-order valence-corrected chi connectivity index (χ3v) is 16.7. The predicted molar refractivity (Wildman–Crippen MR) is 227 cm³/mol. The molecule has 1 aromatic carbocycles. The molecule has 0 saturated carbocycles. The summed E-state index contributed by atoms with van der Waals surface area (Å²) in [7, 11) is 1.47. The molecule has 0 unspecified atom stereocenters. The Morgan fingerprint density at radius 2 is 1.79 bits per heavy atom. The second-order valence-electron chi connectivity index (χ2n) is 16.3. The van der Waals surface area contributed by atoms with Gasteiger partial charge in [0, 0.05) is 40.9 Å². The Hall–Kier alpha value is -3.60. The van der Waals surface area contributed by atoms with E-state index >= 15 is 4.39 Å². The Kier molecular flexibility index (Phi) is 13.9. The lowest BCUT2D eigenvalue weighted by Gasteiger charge is -2.36. The maximum atomic E-state index is 15.1. The number of hydrogen-bond donors (Lipinski definition) is 1. The number of benzene rings is 1. The lowest BCUT2D eigenvalue weighted by molar-refractivity contribution is 0.0590. The van der Waals surface area contributed by atoms with E-state index in [-0.39, 0.29) is 28.0 Å². The number of piperidine rings is 1. The number of amides is 1. The quantitative estimate of drug-likeness (QED) is 0.0635. The van der Waals surface area contributed by atoms with Crippen molar-refractivity contribution in [1.82, 2.24) is 20.1 Å². The number of esters is 1. The zero-order valence-electron chi connectivity index (χ0n) is 33.8. The third kappa shape index (κ3) is 10.9. The summed E-state index contributed by atoms with van der Waals surface area (Å²) < 4.78 is 32.6. The minimum atomic E-state index is -1.97. The number of carbonyl (C=O) groups is 2. The van der Waals surface area contributed by atoms with Crippen molar-refractivity contribution in [2.45, 2.75) is 89.1 Å². The molecule has 11 nitrogen and oxygen atoms in total. The van der Waals surface area contributed by atoms with E-state index in [1.165, 1.54) is 53.3 Å². The van der Waals surface area contributed by atoms with Crippen LogP contribution in [-0.2, 0) is 13.9 Å². The molecule has 0 atom stereocenters. The number of nitrogens with one attached hydrogen (secondary N) is 1. The average molecular weight is 844 g/mol. The fraction of sp³-hybridized carbons (Fsp3) is 0.475. The molecular weight excluding hydrogens is 791 g/mol. The summed E-state index contributed by atoms with van der Waals surface area (Å²) in [6.45, 7) is 18.7. The second kappa shape index (κ2) is 17.9. The average Bonchev–Trinajstić information content (AvgIpc) is 3.55. The fourth-order valence-corrected chi connectivity index (χ4v) is 9.06. The Morgan fingerprint density at radius 1 is 1.07 bits per heavy atom. The van der Waals surface area contributed by atoms with Crippen LogP contribution in [0.4, 0.5) is 31.4 Å². The largest absolute Gasteiger partial charge is 0.465 e. The van der Waals surface area contributed by atoms with Gasteiger partial charge in [0.15, 0.2) is 8.32 Å². The van der Waals surface area contributed by atoms with Crippen molar-refractivity contribution in [2.75, 3.05) is 49.8 Å². The van der Waals surface area contributed by atoms with Crippen LogP contribution < -0.4 is 10.2 Å². The number of anilines is 4. The summed E-state index contributed by atoms with van der Waals surface area (Å²) in [4.78, 5) is 35.9. The minimum Gasteiger partial charge on any atom is -0.465 e. The molecule has 0 bridgehead atoms. The van der Waals surface area contributed by atoms with Crippen LogP contribution in [0.1, 0.15) is 75.5 Å². The molecule has 1 fully saturated rings. The van der Waals surface area contributed by atoms with Crippen LogP contribution in [0.3, 0.4) is 0 Å². The molecule has 302 valence electrons. The van der Waals surface area contributed by atoms with E-state index in [1.54, 1.807) is 45.2 Å². The zero-order chi connectivity index (χ0) is 41.0. The van der Waals surface area contributed by atoms with Crippen molar-refractivity contribution in [3.63, 3.8) is 0 Å². The SMILES string of the molecule is COC(=O)c1sc(N(C(=O)OC(C)(C)C)c2cc(Nc3cc(-c4cc(Cl)ccc4F)nnc3SCCO[Si](C)(C)C(C)(C)C)ccn2)cc1C1CCN(C)CC1. The van der Waals surface area contributed by atoms with Crippen LogP contribution in [0, 0.1) is 5.82 Å². The van der Waals surface area contributed by atoms with Crippen molar-refractivity contribution in [3.8, 4) is 11.3 Å². The van der Waals surface area contributed by atoms with Gasteiger partial charge in [-0.05, 0) is 120 Å². The van der Waals surface area contributed by atoms with Crippen LogP contribution in [0.2, 0.25) is 23.2 Å². The first-order chi connectivity index (χ1) is 26.3. The lowest BCUT2D eigenvalue weighted by atomic mass is 9.90. The Bertz CT molecular complexity index is 2030. The van der Waals surface area contributed by atoms with Gasteiger partial charge in [-0.15, -0.1) is 33.3 Å². The highest BCUT2D eigenvalue weighted by Gasteiger charge is 2.37. The fourth-order valence-electron chi connectivity index (χ4n) is 5.81. The number of aromatic nitrogens is 3. The molecule has 0 aliphatic carbocycles. The number of methoxy groups -OCH3 is 1. The maximum absolute atomic E-state index is 15.1. The molecule has 56 heavy (non-hydrogen) atoms. The number of halogens is 2. The summed E-state index contributed by atoms with van der Waals surface area (Å²) in [5.41, 5.74) is 1.64. The molecule has 16 heteroatoms. The molecule has 4 heterocycles. The van der Waals surface area contributed by atoms with Crippen LogP contribution in [-0.4, -0.2) is 85.7 Å². The van der Waals surface area contributed by atoms with Gasteiger partial charge in [0.05, 0.1) is 18.5 Å². The molecule has 0 radical (unpaired) electrons. The van der Waals surface area contributed by atoms with Crippen molar-refractivity contribution >= 4 is 77.3 Å². The van der Waals surface area contributed by atoms with E-state index < -0.39 is 31.8 Å². The van der Waals surface area contributed by atoms with Gasteiger partial charge in [0.25, 0.3) is 0 Å². The number of carbonyl (C=O) groups excluding carboxylic acids is 2. The van der Waals surface area contributed by atoms with Gasteiger partial charge in [0.2, 0.25) is 0 Å². The number of thiophene rings is 1. The van der Waals surface area contributed by atoms with Crippen molar-refractivity contribution in [3.05, 3.63) is 69.9 Å². The van der Waals surface area contributed by atoms with E-state index in [4.69, 9.17) is 25.5 Å². The summed E-state index contributed by atoms with van der Waals surface area (Å²) >= 11 is 8.89. The van der Waals surface area contributed by atoms with Gasteiger partial charge in [-0.2, -0.15) is 0 Å². The third-order valence-electron chi connectivity index (χ3n) is 9.88. The van der Waals surface area contributed by atoms with Crippen molar-refractivity contribution < 1.29 is 27.9 Å². The van der Waals surface area contributed by atoms with Crippen molar-refractivity contribution in [1.29, 1.82) is 0 Å². The van der Waals surface area contributed by atoms with E-state index in [9.17, 15) is 9.59 Å². The second-order valence-corrected chi connectivity index (χ2v) is 23.7. The summed E-state index contributed by atoms with van der Waals surface area (Å²) in [6, 6.07) is 11.4. The molecule has 1 aliphatic rings. The smallest absolute Gasteiger partial charge is 0.421 e. The van der Waals surface area contributed by atoms with Crippen LogP contribution in [0.15, 0.2) is 53.7 Å². The number of likely N-dealkylation sites (tertiary alicyclic amines) is 1. The molecule has 3 aromatic heterocycles. The summed E-state index contributed by atoms with van der Waals surface area (Å²) in [5.74, 6) is 0.0398. The monoisotopic (exact) mass is 842 g/mol. The minimum absolute atomic E-state index is 0.0670. The van der Waals surface area contributed by atoms with Gasteiger partial charge >= 0.3 is 12.1 Å². The number of ether oxygens (including phenoxy) is 2. The van der Waals surface area contributed by atoms with E-state index in [0.717, 1.165) is 31.5 Å². The highest BCUT2D eigenvalue weighted by molar-refractivity contribution is 7.99. The standard InChI is InChI=1S/C40H52ClFN6O5S2Si/c1-39(2,3)53-38(50)48(34-23-28(35(55-34)37(49)51-8)25-14-17-47(7)18-15-25)33-22-27(13-16-43-33)44-32-24-31(29-21-26(41)11-12-30(29)42)45-46-36(32)54-20-19-52-56(9,10)40(4,5)6/h11-13,16,21-25H,14-15,17-20H2,1-10H3,(H,43,44,45). The number of pyridine rings is 1. The number of thioether (sulfide) groups is 1. The predicted octanol–water partition coefficient (Wildman–Crippen LogP) is 10.9. The van der Waals surface area contributed by atoms with Crippen LogP contribution in [0.5, 0.6) is 0 Å². The van der Waals surface area contributed by atoms with Gasteiger partial charge in [0.1, 0.15) is 32.1 Å². The molecule has 0 spiro atoms. The highest BCUT2D eigenvalue weighted by atomic mass is 35.5. The molecule has 1 aliphatic heterocycles. The summed E-state index contributed by atoms with van der Waals surface area (Å²) in [6.07, 6.45) is 2.65. The Labute approximate surface area is 343 Å². The number of hydrogen-bond acceptors (Lipinski definition) is 12. The lowest BCUT2D eigenvalue weighted by Crippen LogP contribution is -2.41. The first-order valence-electron chi connectivity index (χ1n) is 18.5. The molecule has 1 amide bonds. The Morgan fingerprint density at radius 3 is 2.45 bits per heavy atom. The van der Waals surface area contributed by atoms with Gasteiger partial charge in [-0.3, -0.25) is 0 Å². The van der Waals surface area contributed by atoms with E-state index in [0.29, 0.717) is 43.7 Å². The van der Waals surface area contributed by atoms with Crippen LogP contribution >= 0.6 is 34.7 Å².